The third-order valence-corrected chi connectivity index (χ3v) is 2.75. The van der Waals surface area contributed by atoms with Crippen LogP contribution in [0.5, 0.6) is 0 Å². The number of hydrogen-bond acceptors (Lipinski definition) is 3. The lowest BCUT2D eigenvalue weighted by molar-refractivity contribution is -0.142. The Morgan fingerprint density at radius 2 is 2.17 bits per heavy atom. The van der Waals surface area contributed by atoms with Gasteiger partial charge in [0.1, 0.15) is 0 Å². The van der Waals surface area contributed by atoms with Crippen molar-refractivity contribution >= 4 is 17.7 Å². The summed E-state index contributed by atoms with van der Waals surface area (Å²) >= 11 is 1.83. The number of ether oxygens (including phenoxy) is 1. The molecule has 0 aromatic heterocycles. The van der Waals surface area contributed by atoms with Gasteiger partial charge in [-0.2, -0.15) is 11.8 Å². The molecule has 1 unspecified atom stereocenters. The van der Waals surface area contributed by atoms with Gasteiger partial charge in [0.15, 0.2) is 0 Å². The third-order valence-electron chi connectivity index (χ3n) is 1.37. The summed E-state index contributed by atoms with van der Waals surface area (Å²) in [6.45, 7) is 6.53. The minimum absolute atomic E-state index is 0.0754. The van der Waals surface area contributed by atoms with Crippen molar-refractivity contribution in [3.63, 3.8) is 0 Å². The van der Waals surface area contributed by atoms with Crippen LogP contribution in [-0.4, -0.2) is 23.6 Å². The Bertz CT molecular complexity index is 126. The predicted molar refractivity (Wildman–Crippen MR) is 53.5 cm³/mol. The van der Waals surface area contributed by atoms with Crippen LogP contribution in [0.2, 0.25) is 0 Å². The second-order valence-electron chi connectivity index (χ2n) is 2.69. The molecule has 0 saturated heterocycles. The van der Waals surface area contributed by atoms with Gasteiger partial charge in [-0.15, -0.1) is 0 Å². The van der Waals surface area contributed by atoms with Crippen LogP contribution in [0.25, 0.3) is 0 Å². The lowest BCUT2D eigenvalue weighted by Crippen LogP contribution is -2.10. The number of esters is 1. The van der Waals surface area contributed by atoms with Gasteiger partial charge < -0.3 is 4.74 Å². The Morgan fingerprint density at radius 1 is 1.50 bits per heavy atom. The largest absolute Gasteiger partial charge is 0.466 e. The molecule has 0 aromatic rings. The summed E-state index contributed by atoms with van der Waals surface area (Å²) < 4.78 is 4.84. The zero-order chi connectivity index (χ0) is 9.40. The first-order chi connectivity index (χ1) is 5.70. The maximum absolute atomic E-state index is 11.0. The van der Waals surface area contributed by atoms with E-state index in [2.05, 4.69) is 13.8 Å². The molecule has 0 aliphatic rings. The SMILES string of the molecule is CCCSC(C)CC(=O)OCC. The fourth-order valence-corrected chi connectivity index (χ4v) is 1.72. The number of carbonyl (C=O) groups is 1. The highest BCUT2D eigenvalue weighted by atomic mass is 32.2. The molecule has 2 nitrogen and oxygen atoms in total. The second kappa shape index (κ2) is 7.47. The zero-order valence-electron chi connectivity index (χ0n) is 8.13. The summed E-state index contributed by atoms with van der Waals surface area (Å²) in [5.74, 6) is 1.05. The van der Waals surface area contributed by atoms with E-state index in [9.17, 15) is 4.79 Å². The first-order valence-electron chi connectivity index (χ1n) is 4.47. The summed E-state index contributed by atoms with van der Waals surface area (Å²) in [7, 11) is 0. The Hall–Kier alpha value is -0.180. The Balaban J connectivity index is 3.40. The van der Waals surface area contributed by atoms with E-state index in [0.29, 0.717) is 18.3 Å². The highest BCUT2D eigenvalue weighted by Crippen LogP contribution is 2.15. The molecule has 0 saturated carbocycles. The lowest BCUT2D eigenvalue weighted by atomic mass is 10.3. The number of carbonyl (C=O) groups excluding carboxylic acids is 1. The average Bonchev–Trinajstić information content (AvgIpc) is 2.01. The molecule has 0 aliphatic heterocycles. The van der Waals surface area contributed by atoms with E-state index in [1.807, 2.05) is 18.7 Å². The van der Waals surface area contributed by atoms with Crippen LogP contribution in [0.15, 0.2) is 0 Å². The summed E-state index contributed by atoms with van der Waals surface area (Å²) in [5.41, 5.74) is 0. The predicted octanol–water partition coefficient (Wildman–Crippen LogP) is 2.47. The molecule has 72 valence electrons. The molecule has 0 amide bonds. The standard InChI is InChI=1S/C9H18O2S/c1-4-6-12-8(3)7-9(10)11-5-2/h8H,4-7H2,1-3H3. The summed E-state index contributed by atoms with van der Waals surface area (Å²) in [6.07, 6.45) is 1.70. The molecule has 0 heterocycles. The highest BCUT2D eigenvalue weighted by Gasteiger charge is 2.08. The van der Waals surface area contributed by atoms with Gasteiger partial charge in [-0.05, 0) is 19.1 Å². The topological polar surface area (TPSA) is 26.3 Å². The average molecular weight is 190 g/mol. The number of thioether (sulfide) groups is 1. The van der Waals surface area contributed by atoms with Crippen molar-refractivity contribution in [2.45, 2.75) is 38.9 Å². The van der Waals surface area contributed by atoms with Gasteiger partial charge in [-0.25, -0.2) is 0 Å². The summed E-state index contributed by atoms with van der Waals surface area (Å²) in [4.78, 5) is 11.0. The molecule has 0 aliphatic carbocycles. The molecule has 0 radical (unpaired) electrons. The fourth-order valence-electron chi connectivity index (χ4n) is 0.833. The van der Waals surface area contributed by atoms with Crippen molar-refractivity contribution < 1.29 is 9.53 Å². The van der Waals surface area contributed by atoms with Gasteiger partial charge in [0.25, 0.3) is 0 Å². The molecule has 0 fully saturated rings. The molecule has 1 atom stereocenters. The quantitative estimate of drug-likeness (QED) is 0.602. The maximum Gasteiger partial charge on any atom is 0.306 e. The van der Waals surface area contributed by atoms with E-state index in [0.717, 1.165) is 12.2 Å². The van der Waals surface area contributed by atoms with Crippen molar-refractivity contribution in [2.24, 2.45) is 0 Å². The first kappa shape index (κ1) is 11.8. The van der Waals surface area contributed by atoms with Crippen molar-refractivity contribution in [2.75, 3.05) is 12.4 Å². The first-order valence-corrected chi connectivity index (χ1v) is 5.52. The molecular weight excluding hydrogens is 172 g/mol. The molecule has 0 bridgehead atoms. The van der Waals surface area contributed by atoms with Crippen LogP contribution in [0, 0.1) is 0 Å². The van der Waals surface area contributed by atoms with Gasteiger partial charge in [-0.3, -0.25) is 4.79 Å². The minimum Gasteiger partial charge on any atom is -0.466 e. The Labute approximate surface area is 79.1 Å². The van der Waals surface area contributed by atoms with Crippen LogP contribution in [-0.2, 0) is 9.53 Å². The van der Waals surface area contributed by atoms with Gasteiger partial charge in [-0.1, -0.05) is 13.8 Å². The monoisotopic (exact) mass is 190 g/mol. The van der Waals surface area contributed by atoms with Crippen molar-refractivity contribution in [1.29, 1.82) is 0 Å². The Morgan fingerprint density at radius 3 is 2.67 bits per heavy atom. The molecule has 3 heteroatoms. The molecule has 0 rings (SSSR count). The summed E-state index contributed by atoms with van der Waals surface area (Å²) in [6, 6.07) is 0. The molecule has 0 spiro atoms. The van der Waals surface area contributed by atoms with E-state index >= 15 is 0 Å². The third kappa shape index (κ3) is 6.53. The van der Waals surface area contributed by atoms with Crippen LogP contribution in [0.4, 0.5) is 0 Å². The molecule has 0 N–H and O–H groups in total. The van der Waals surface area contributed by atoms with Crippen LogP contribution >= 0.6 is 11.8 Å². The summed E-state index contributed by atoms with van der Waals surface area (Å²) in [5, 5.41) is 0.393. The second-order valence-corrected chi connectivity index (χ2v) is 4.24. The highest BCUT2D eigenvalue weighted by molar-refractivity contribution is 7.99. The van der Waals surface area contributed by atoms with Gasteiger partial charge in [0.2, 0.25) is 0 Å². The van der Waals surface area contributed by atoms with E-state index in [1.54, 1.807) is 0 Å². The van der Waals surface area contributed by atoms with Gasteiger partial charge >= 0.3 is 5.97 Å². The van der Waals surface area contributed by atoms with Crippen LogP contribution in [0.3, 0.4) is 0 Å². The molecule has 12 heavy (non-hydrogen) atoms. The van der Waals surface area contributed by atoms with Gasteiger partial charge in [0, 0.05) is 5.25 Å². The Kier molecular flexibility index (Phi) is 7.36. The van der Waals surface area contributed by atoms with Crippen molar-refractivity contribution in [3.05, 3.63) is 0 Å². The van der Waals surface area contributed by atoms with Crippen LogP contribution < -0.4 is 0 Å². The van der Waals surface area contributed by atoms with E-state index in [-0.39, 0.29) is 5.97 Å². The van der Waals surface area contributed by atoms with Gasteiger partial charge in [0.05, 0.1) is 13.0 Å². The van der Waals surface area contributed by atoms with Crippen molar-refractivity contribution in [3.8, 4) is 0 Å². The lowest BCUT2D eigenvalue weighted by Gasteiger charge is -2.08. The molecular formula is C9H18O2S. The normalized spacial score (nSPS) is 12.6. The number of hydrogen-bond donors (Lipinski definition) is 0. The fraction of sp³-hybridized carbons (Fsp3) is 0.889. The number of rotatable bonds is 6. The van der Waals surface area contributed by atoms with Crippen molar-refractivity contribution in [1.82, 2.24) is 0 Å². The van der Waals surface area contributed by atoms with E-state index in [1.165, 1.54) is 0 Å². The smallest absolute Gasteiger partial charge is 0.306 e. The zero-order valence-corrected chi connectivity index (χ0v) is 8.95. The maximum atomic E-state index is 11.0. The van der Waals surface area contributed by atoms with E-state index < -0.39 is 0 Å². The minimum atomic E-state index is -0.0754. The van der Waals surface area contributed by atoms with Crippen LogP contribution in [0.1, 0.15) is 33.6 Å². The van der Waals surface area contributed by atoms with E-state index in [4.69, 9.17) is 4.74 Å². The molecule has 0 aromatic carbocycles.